The minimum Gasteiger partial charge on any atom is -0.383 e. The Morgan fingerprint density at radius 3 is 2.50 bits per heavy atom. The van der Waals surface area contributed by atoms with Crippen LogP contribution in [0.2, 0.25) is 5.02 Å². The lowest BCUT2D eigenvalue weighted by molar-refractivity contribution is 0.199. The summed E-state index contributed by atoms with van der Waals surface area (Å²) in [5.41, 5.74) is 0. The first-order valence-electron chi connectivity index (χ1n) is 6.93. The molecule has 2 rings (SSSR count). The summed E-state index contributed by atoms with van der Waals surface area (Å²) >= 11 is 6.12. The summed E-state index contributed by atoms with van der Waals surface area (Å²) < 4.78 is 32.4. The zero-order chi connectivity index (χ0) is 16.0. The van der Waals surface area contributed by atoms with E-state index in [1.807, 2.05) is 12.1 Å². The van der Waals surface area contributed by atoms with Crippen LogP contribution in [0.25, 0.3) is 10.8 Å². The van der Waals surface area contributed by atoms with Crippen LogP contribution in [0.1, 0.15) is 0 Å². The standard InChI is InChI=1S/C15H19ClN2O3S/c1-21-11-10-17-8-9-18-22(19,20)15-7-6-14(16)12-4-2-3-5-13(12)15/h2-7,17-18H,8-11H2,1H3. The van der Waals surface area contributed by atoms with Gasteiger partial charge in [-0.15, -0.1) is 0 Å². The molecule has 0 saturated carbocycles. The van der Waals surface area contributed by atoms with Gasteiger partial charge in [-0.3, -0.25) is 0 Å². The van der Waals surface area contributed by atoms with Crippen LogP contribution >= 0.6 is 11.6 Å². The van der Waals surface area contributed by atoms with Gasteiger partial charge in [0.25, 0.3) is 0 Å². The number of benzene rings is 2. The SMILES string of the molecule is COCCNCCNS(=O)(=O)c1ccc(Cl)c2ccccc12. The summed E-state index contributed by atoms with van der Waals surface area (Å²) in [6.45, 7) is 2.12. The highest BCUT2D eigenvalue weighted by Crippen LogP contribution is 2.28. The molecule has 0 radical (unpaired) electrons. The van der Waals surface area contributed by atoms with Crippen LogP contribution in [0.15, 0.2) is 41.3 Å². The molecule has 120 valence electrons. The lowest BCUT2D eigenvalue weighted by Crippen LogP contribution is -2.33. The molecular weight excluding hydrogens is 324 g/mol. The van der Waals surface area contributed by atoms with Gasteiger partial charge in [0, 0.05) is 42.5 Å². The van der Waals surface area contributed by atoms with Crippen molar-refractivity contribution in [1.29, 1.82) is 0 Å². The summed E-state index contributed by atoms with van der Waals surface area (Å²) in [5.74, 6) is 0. The Labute approximate surface area is 135 Å². The van der Waals surface area contributed by atoms with E-state index in [-0.39, 0.29) is 4.90 Å². The first-order chi connectivity index (χ1) is 10.6. The van der Waals surface area contributed by atoms with Crippen molar-refractivity contribution in [3.63, 3.8) is 0 Å². The van der Waals surface area contributed by atoms with Gasteiger partial charge in [-0.05, 0) is 12.1 Å². The summed E-state index contributed by atoms with van der Waals surface area (Å²) in [7, 11) is -1.96. The Morgan fingerprint density at radius 2 is 1.77 bits per heavy atom. The van der Waals surface area contributed by atoms with E-state index in [4.69, 9.17) is 16.3 Å². The molecule has 22 heavy (non-hydrogen) atoms. The molecule has 0 fully saturated rings. The average Bonchev–Trinajstić information content (AvgIpc) is 2.51. The molecule has 0 aliphatic carbocycles. The fourth-order valence-corrected chi connectivity index (χ4v) is 3.59. The molecule has 0 heterocycles. The minimum absolute atomic E-state index is 0.240. The van der Waals surface area contributed by atoms with E-state index in [1.165, 1.54) is 6.07 Å². The van der Waals surface area contributed by atoms with Gasteiger partial charge in [0.15, 0.2) is 0 Å². The third-order valence-corrected chi connectivity index (χ3v) is 5.05. The maximum Gasteiger partial charge on any atom is 0.241 e. The predicted molar refractivity (Wildman–Crippen MR) is 88.9 cm³/mol. The van der Waals surface area contributed by atoms with Crippen molar-refractivity contribution in [3.8, 4) is 0 Å². The van der Waals surface area contributed by atoms with Crippen molar-refractivity contribution in [1.82, 2.24) is 10.0 Å². The first kappa shape index (κ1) is 17.2. The van der Waals surface area contributed by atoms with E-state index in [9.17, 15) is 8.42 Å². The Hall–Kier alpha value is -1.18. The maximum atomic E-state index is 12.4. The number of ether oxygens (including phenoxy) is 1. The third kappa shape index (κ3) is 4.18. The van der Waals surface area contributed by atoms with Gasteiger partial charge in [-0.2, -0.15) is 0 Å². The Bertz CT molecular complexity index is 735. The number of hydrogen-bond acceptors (Lipinski definition) is 4. The molecule has 0 atom stereocenters. The van der Waals surface area contributed by atoms with Gasteiger partial charge in [0.1, 0.15) is 0 Å². The second-order valence-corrected chi connectivity index (χ2v) is 6.87. The normalized spacial score (nSPS) is 11.9. The number of rotatable bonds is 8. The first-order valence-corrected chi connectivity index (χ1v) is 8.79. The van der Waals surface area contributed by atoms with Gasteiger partial charge in [0.2, 0.25) is 10.0 Å². The minimum atomic E-state index is -3.58. The molecule has 2 N–H and O–H groups in total. The summed E-state index contributed by atoms with van der Waals surface area (Å²) in [6.07, 6.45) is 0. The van der Waals surface area contributed by atoms with Crippen molar-refractivity contribution in [2.75, 3.05) is 33.4 Å². The van der Waals surface area contributed by atoms with E-state index in [1.54, 1.807) is 25.3 Å². The third-order valence-electron chi connectivity index (χ3n) is 3.20. The molecule has 0 unspecified atom stereocenters. The van der Waals surface area contributed by atoms with Crippen LogP contribution in [-0.2, 0) is 14.8 Å². The van der Waals surface area contributed by atoms with Crippen LogP contribution in [0.4, 0.5) is 0 Å². The molecule has 0 aliphatic heterocycles. The molecule has 7 heteroatoms. The largest absolute Gasteiger partial charge is 0.383 e. The van der Waals surface area contributed by atoms with Gasteiger partial charge in [0.05, 0.1) is 11.5 Å². The smallest absolute Gasteiger partial charge is 0.241 e. The monoisotopic (exact) mass is 342 g/mol. The molecule has 2 aromatic carbocycles. The van der Waals surface area contributed by atoms with Gasteiger partial charge < -0.3 is 10.1 Å². The fourth-order valence-electron chi connectivity index (χ4n) is 2.12. The van der Waals surface area contributed by atoms with Crippen LogP contribution in [0.5, 0.6) is 0 Å². The maximum absolute atomic E-state index is 12.4. The average molecular weight is 343 g/mol. The van der Waals surface area contributed by atoms with E-state index < -0.39 is 10.0 Å². The van der Waals surface area contributed by atoms with Crippen molar-refractivity contribution in [2.45, 2.75) is 4.90 Å². The lowest BCUT2D eigenvalue weighted by Gasteiger charge is -2.11. The van der Waals surface area contributed by atoms with Crippen LogP contribution in [0, 0.1) is 0 Å². The second-order valence-electron chi connectivity index (χ2n) is 4.73. The lowest BCUT2D eigenvalue weighted by atomic mass is 10.1. The van der Waals surface area contributed by atoms with E-state index in [0.717, 1.165) is 5.39 Å². The molecule has 0 saturated heterocycles. The Morgan fingerprint density at radius 1 is 1.05 bits per heavy atom. The highest BCUT2D eigenvalue weighted by molar-refractivity contribution is 7.89. The van der Waals surface area contributed by atoms with Crippen LogP contribution in [-0.4, -0.2) is 41.8 Å². The topological polar surface area (TPSA) is 67.4 Å². The van der Waals surface area contributed by atoms with E-state index in [2.05, 4.69) is 10.0 Å². The Balaban J connectivity index is 2.12. The molecular formula is C15H19ClN2O3S. The molecule has 0 amide bonds. The molecule has 2 aromatic rings. The van der Waals surface area contributed by atoms with Crippen molar-refractivity contribution in [3.05, 3.63) is 41.4 Å². The fraction of sp³-hybridized carbons (Fsp3) is 0.333. The van der Waals surface area contributed by atoms with E-state index in [0.29, 0.717) is 36.7 Å². The summed E-state index contributed by atoms with van der Waals surface area (Å²) in [5, 5.41) is 4.97. The molecule has 0 spiro atoms. The quantitative estimate of drug-likeness (QED) is 0.720. The van der Waals surface area contributed by atoms with Crippen molar-refractivity contribution in [2.24, 2.45) is 0 Å². The van der Waals surface area contributed by atoms with E-state index >= 15 is 0 Å². The molecule has 0 aromatic heterocycles. The predicted octanol–water partition coefficient (Wildman–Crippen LogP) is 2.01. The van der Waals surface area contributed by atoms with Crippen LogP contribution in [0.3, 0.4) is 0 Å². The Kier molecular flexibility index (Phi) is 6.16. The number of sulfonamides is 1. The number of nitrogens with one attached hydrogen (secondary N) is 2. The zero-order valence-electron chi connectivity index (χ0n) is 12.3. The molecule has 0 aliphatic rings. The molecule has 5 nitrogen and oxygen atoms in total. The molecule has 0 bridgehead atoms. The highest BCUT2D eigenvalue weighted by atomic mass is 35.5. The van der Waals surface area contributed by atoms with Gasteiger partial charge >= 0.3 is 0 Å². The summed E-state index contributed by atoms with van der Waals surface area (Å²) in [6, 6.07) is 10.3. The summed E-state index contributed by atoms with van der Waals surface area (Å²) in [4.78, 5) is 0.240. The van der Waals surface area contributed by atoms with Gasteiger partial charge in [-0.1, -0.05) is 35.9 Å². The van der Waals surface area contributed by atoms with Crippen LogP contribution < -0.4 is 10.0 Å². The highest BCUT2D eigenvalue weighted by Gasteiger charge is 2.17. The number of methoxy groups -OCH3 is 1. The number of fused-ring (bicyclic) bond motifs is 1. The second kappa shape index (κ2) is 7.89. The van der Waals surface area contributed by atoms with Crippen molar-refractivity contribution < 1.29 is 13.2 Å². The zero-order valence-corrected chi connectivity index (χ0v) is 13.9. The van der Waals surface area contributed by atoms with Crippen molar-refractivity contribution >= 4 is 32.4 Å². The number of hydrogen-bond donors (Lipinski definition) is 2. The van der Waals surface area contributed by atoms with Gasteiger partial charge in [-0.25, -0.2) is 13.1 Å². The number of halogens is 1.